The first-order valence-electron chi connectivity index (χ1n) is 4.53. The third-order valence-electron chi connectivity index (χ3n) is 1.51. The number of likely N-dealkylation sites (N-methyl/N-ethyl adjacent to an activating group) is 1. The minimum absolute atomic E-state index is 0. The molecule has 0 aliphatic heterocycles. The number of nitrogens with zero attached hydrogens (tertiary/aromatic N) is 1. The molecule has 0 spiro atoms. The van der Waals surface area contributed by atoms with Crippen molar-refractivity contribution in [1.29, 1.82) is 0 Å². The van der Waals surface area contributed by atoms with Crippen LogP contribution in [0.15, 0.2) is 12.2 Å². The molecule has 0 rings (SSSR count). The number of halogens is 2. The van der Waals surface area contributed by atoms with Gasteiger partial charge in [-0.05, 0) is 6.92 Å². The van der Waals surface area contributed by atoms with E-state index in [-0.39, 0.29) is 37.6 Å². The summed E-state index contributed by atoms with van der Waals surface area (Å²) in [4.78, 5) is 11.0. The number of esters is 1. The van der Waals surface area contributed by atoms with E-state index in [1.807, 2.05) is 21.1 Å². The molecule has 5 N–H and O–H groups in total. The van der Waals surface area contributed by atoms with Crippen molar-refractivity contribution < 1.29 is 43.9 Å². The molecular formula is C10H24Cl2N2O3. The van der Waals surface area contributed by atoms with Gasteiger partial charge < -0.3 is 45.3 Å². The highest BCUT2D eigenvalue weighted by Gasteiger charge is 2.17. The molecule has 0 heterocycles. The highest BCUT2D eigenvalue weighted by atomic mass is 35.5. The van der Waals surface area contributed by atoms with Crippen molar-refractivity contribution in [2.24, 2.45) is 0 Å². The molecule has 0 amide bonds. The molecule has 106 valence electrons. The van der Waals surface area contributed by atoms with Crippen molar-refractivity contribution in [2.45, 2.75) is 13.0 Å². The maximum absolute atomic E-state index is 11.0. The standard InChI is InChI=1S/C10H20NO3.2ClH.H3N/c1-8(2)10(13)14-7-9(12)6-11(3,4)5;;;/h9,12H,1,6-7H2,2-5H3;2*1H;1H3/q+1;;;/p-1. The zero-order chi connectivity index (χ0) is 11.4. The summed E-state index contributed by atoms with van der Waals surface area (Å²) >= 11 is 0. The second-order valence-electron chi connectivity index (χ2n) is 4.51. The van der Waals surface area contributed by atoms with Crippen LogP contribution >= 0.6 is 0 Å². The Balaban J connectivity index is -0.000000282. The lowest BCUT2D eigenvalue weighted by molar-refractivity contribution is -0.873. The summed E-state index contributed by atoms with van der Waals surface area (Å²) in [5, 5.41) is 9.49. The summed E-state index contributed by atoms with van der Waals surface area (Å²) in [6.45, 7) is 5.60. The summed E-state index contributed by atoms with van der Waals surface area (Å²) in [5.41, 5.74) is 0.349. The predicted octanol–water partition coefficient (Wildman–Crippen LogP) is -5.44. The molecule has 7 heteroatoms. The van der Waals surface area contributed by atoms with Crippen LogP contribution in [0.1, 0.15) is 6.92 Å². The summed E-state index contributed by atoms with van der Waals surface area (Å²) in [7, 11) is 5.89. The fourth-order valence-corrected chi connectivity index (χ4v) is 0.980. The topological polar surface area (TPSA) is 83.0 Å². The van der Waals surface area contributed by atoms with E-state index in [2.05, 4.69) is 6.58 Å². The quantitative estimate of drug-likeness (QED) is 0.301. The number of rotatable bonds is 5. The van der Waals surface area contributed by atoms with Crippen LogP contribution in [0.2, 0.25) is 0 Å². The summed E-state index contributed by atoms with van der Waals surface area (Å²) in [6.07, 6.45) is -0.627. The van der Waals surface area contributed by atoms with E-state index in [1.54, 1.807) is 6.92 Å². The number of aliphatic hydroxyl groups excluding tert-OH is 1. The lowest BCUT2D eigenvalue weighted by Crippen LogP contribution is -3.00. The number of ether oxygens (including phenoxy) is 1. The van der Waals surface area contributed by atoms with Crippen molar-refractivity contribution in [1.82, 2.24) is 6.15 Å². The van der Waals surface area contributed by atoms with Gasteiger partial charge in [-0.2, -0.15) is 0 Å². The zero-order valence-corrected chi connectivity index (χ0v) is 12.7. The van der Waals surface area contributed by atoms with Gasteiger partial charge in [0.2, 0.25) is 0 Å². The molecular weight excluding hydrogens is 267 g/mol. The second-order valence-corrected chi connectivity index (χ2v) is 4.51. The Hall–Kier alpha value is -0.330. The van der Waals surface area contributed by atoms with Crippen LogP contribution in [0.5, 0.6) is 0 Å². The van der Waals surface area contributed by atoms with Gasteiger partial charge >= 0.3 is 5.97 Å². The van der Waals surface area contributed by atoms with E-state index in [0.717, 1.165) is 0 Å². The van der Waals surface area contributed by atoms with Gasteiger partial charge in [-0.1, -0.05) is 6.58 Å². The van der Waals surface area contributed by atoms with E-state index < -0.39 is 12.1 Å². The van der Waals surface area contributed by atoms with Crippen LogP contribution in [-0.2, 0) is 9.53 Å². The molecule has 0 bridgehead atoms. The molecule has 5 nitrogen and oxygen atoms in total. The van der Waals surface area contributed by atoms with Gasteiger partial charge in [-0.15, -0.1) is 0 Å². The van der Waals surface area contributed by atoms with Gasteiger partial charge in [-0.25, -0.2) is 4.79 Å². The van der Waals surface area contributed by atoms with Crippen LogP contribution in [0.4, 0.5) is 0 Å². The van der Waals surface area contributed by atoms with Crippen molar-refractivity contribution in [3.63, 3.8) is 0 Å². The smallest absolute Gasteiger partial charge is 0.333 e. The molecule has 0 saturated heterocycles. The Morgan fingerprint density at radius 3 is 2.06 bits per heavy atom. The van der Waals surface area contributed by atoms with Crippen molar-refractivity contribution in [2.75, 3.05) is 34.3 Å². The van der Waals surface area contributed by atoms with E-state index in [1.165, 1.54) is 0 Å². The van der Waals surface area contributed by atoms with Crippen LogP contribution in [-0.4, -0.2) is 56.0 Å². The van der Waals surface area contributed by atoms with Gasteiger partial charge in [0.25, 0.3) is 0 Å². The van der Waals surface area contributed by atoms with Gasteiger partial charge in [0, 0.05) is 5.57 Å². The second kappa shape index (κ2) is 10.8. The van der Waals surface area contributed by atoms with E-state index in [4.69, 9.17) is 4.74 Å². The zero-order valence-electron chi connectivity index (χ0n) is 11.2. The summed E-state index contributed by atoms with van der Waals surface area (Å²) in [6, 6.07) is 0. The summed E-state index contributed by atoms with van der Waals surface area (Å²) in [5.74, 6) is -0.453. The minimum atomic E-state index is -0.627. The molecule has 0 fully saturated rings. The molecule has 1 unspecified atom stereocenters. The van der Waals surface area contributed by atoms with Crippen LogP contribution < -0.4 is 31.0 Å². The first kappa shape index (κ1) is 25.5. The molecule has 0 aliphatic rings. The lowest BCUT2D eigenvalue weighted by atomic mass is 10.3. The minimum Gasteiger partial charge on any atom is -1.00 e. The predicted molar refractivity (Wildman–Crippen MR) is 60.7 cm³/mol. The first-order chi connectivity index (χ1) is 6.22. The average Bonchev–Trinajstić information content (AvgIpc) is 1.96. The highest BCUT2D eigenvalue weighted by Crippen LogP contribution is 1.98. The number of quaternary nitrogens is 2. The normalized spacial score (nSPS) is 11.1. The molecule has 0 aromatic carbocycles. The SMILES string of the molecule is C=C(C)C(=O)OCC(O)C[N+](C)(C)C.[Cl-].[Cl-].[NH4+]. The molecule has 0 aromatic heterocycles. The van der Waals surface area contributed by atoms with Crippen molar-refractivity contribution in [3.05, 3.63) is 12.2 Å². The number of aliphatic hydroxyl groups is 1. The number of carbonyl (C=O) groups is 1. The van der Waals surface area contributed by atoms with Crippen molar-refractivity contribution in [3.8, 4) is 0 Å². The van der Waals surface area contributed by atoms with Crippen LogP contribution in [0.25, 0.3) is 0 Å². The number of carbonyl (C=O) groups excluding carboxylic acids is 1. The third kappa shape index (κ3) is 15.7. The van der Waals surface area contributed by atoms with Gasteiger partial charge in [0.1, 0.15) is 19.3 Å². The molecule has 0 saturated carbocycles. The molecule has 17 heavy (non-hydrogen) atoms. The van der Waals surface area contributed by atoms with Crippen LogP contribution in [0, 0.1) is 0 Å². The Kier molecular flexibility index (Phi) is 16.2. The molecule has 0 aliphatic carbocycles. The van der Waals surface area contributed by atoms with E-state index in [9.17, 15) is 9.90 Å². The monoisotopic (exact) mass is 290 g/mol. The van der Waals surface area contributed by atoms with Crippen molar-refractivity contribution >= 4 is 5.97 Å². The molecule has 0 radical (unpaired) electrons. The Morgan fingerprint density at radius 1 is 1.35 bits per heavy atom. The Labute approximate surface area is 116 Å². The van der Waals surface area contributed by atoms with E-state index >= 15 is 0 Å². The highest BCUT2D eigenvalue weighted by molar-refractivity contribution is 5.86. The first-order valence-corrected chi connectivity index (χ1v) is 4.53. The largest absolute Gasteiger partial charge is 1.00 e. The number of hydrogen-bond donors (Lipinski definition) is 2. The van der Waals surface area contributed by atoms with Gasteiger partial charge in [-0.3, -0.25) is 0 Å². The van der Waals surface area contributed by atoms with Gasteiger partial charge in [0.15, 0.2) is 0 Å². The fourth-order valence-electron chi connectivity index (χ4n) is 0.980. The molecule has 0 aromatic rings. The van der Waals surface area contributed by atoms with Gasteiger partial charge in [0.05, 0.1) is 21.1 Å². The summed E-state index contributed by atoms with van der Waals surface area (Å²) < 4.78 is 5.44. The maximum Gasteiger partial charge on any atom is 0.333 e. The Morgan fingerprint density at radius 2 is 1.76 bits per heavy atom. The lowest BCUT2D eigenvalue weighted by Gasteiger charge is -2.26. The number of hydrogen-bond acceptors (Lipinski definition) is 3. The van der Waals surface area contributed by atoms with Crippen LogP contribution in [0.3, 0.4) is 0 Å². The fraction of sp³-hybridized carbons (Fsp3) is 0.700. The molecule has 1 atom stereocenters. The third-order valence-corrected chi connectivity index (χ3v) is 1.51. The average molecular weight is 291 g/mol. The maximum atomic E-state index is 11.0. The van der Waals surface area contributed by atoms with E-state index in [0.29, 0.717) is 16.6 Å². The Bertz CT molecular complexity index is 230.